The van der Waals surface area contributed by atoms with Crippen molar-refractivity contribution < 1.29 is 28.5 Å². The van der Waals surface area contributed by atoms with Gasteiger partial charge in [0.1, 0.15) is 6.10 Å². The molecule has 1 aliphatic rings. The fourth-order valence-corrected chi connectivity index (χ4v) is 1.54. The first-order valence-corrected chi connectivity index (χ1v) is 5.01. The zero-order valence-electron chi connectivity index (χ0n) is 9.60. The molecule has 0 saturated carbocycles. The Kier molecular flexibility index (Phi) is 4.70. The van der Waals surface area contributed by atoms with Gasteiger partial charge in [0.05, 0.1) is 6.61 Å². The minimum Gasteiger partial charge on any atom is -0.458 e. The second kappa shape index (κ2) is 5.81. The van der Waals surface area contributed by atoms with Gasteiger partial charge in [-0.25, -0.2) is 0 Å². The number of carbonyl (C=O) groups excluding carboxylic acids is 2. The van der Waals surface area contributed by atoms with Crippen LogP contribution in [0.1, 0.15) is 20.3 Å². The Morgan fingerprint density at radius 1 is 1.12 bits per heavy atom. The van der Waals surface area contributed by atoms with Crippen molar-refractivity contribution in [2.24, 2.45) is 0 Å². The summed E-state index contributed by atoms with van der Waals surface area (Å²) in [6, 6.07) is 0. The first-order chi connectivity index (χ1) is 7.52. The van der Waals surface area contributed by atoms with Gasteiger partial charge in [-0.3, -0.25) is 9.59 Å². The van der Waals surface area contributed by atoms with Crippen LogP contribution in [0.4, 0.5) is 0 Å². The summed E-state index contributed by atoms with van der Waals surface area (Å²) in [4.78, 5) is 21.7. The van der Waals surface area contributed by atoms with Gasteiger partial charge >= 0.3 is 11.9 Å². The Morgan fingerprint density at radius 2 is 1.69 bits per heavy atom. The zero-order valence-corrected chi connectivity index (χ0v) is 9.60. The van der Waals surface area contributed by atoms with Gasteiger partial charge in [-0.2, -0.15) is 0 Å². The van der Waals surface area contributed by atoms with E-state index in [1.807, 2.05) is 0 Å². The van der Waals surface area contributed by atoms with Crippen molar-refractivity contribution >= 4 is 11.9 Å². The van der Waals surface area contributed by atoms with Crippen molar-refractivity contribution in [2.45, 2.75) is 38.8 Å². The maximum Gasteiger partial charge on any atom is 0.303 e. The van der Waals surface area contributed by atoms with Crippen molar-refractivity contribution in [3.63, 3.8) is 0 Å². The van der Waals surface area contributed by atoms with Gasteiger partial charge < -0.3 is 18.9 Å². The SMILES string of the molecule is CO[C@@H]1C[C@@H](OC(C)=O)[C@H](OC(C)=O)CO1. The smallest absolute Gasteiger partial charge is 0.303 e. The van der Waals surface area contributed by atoms with Crippen LogP contribution < -0.4 is 0 Å². The first kappa shape index (κ1) is 12.9. The molecule has 1 rings (SSSR count). The van der Waals surface area contributed by atoms with Crippen LogP contribution in [0.2, 0.25) is 0 Å². The number of carbonyl (C=O) groups is 2. The zero-order chi connectivity index (χ0) is 12.1. The predicted molar refractivity (Wildman–Crippen MR) is 52.5 cm³/mol. The Balaban J connectivity index is 2.59. The number of hydrogen-bond acceptors (Lipinski definition) is 6. The predicted octanol–water partition coefficient (Wildman–Crippen LogP) is 0.243. The van der Waals surface area contributed by atoms with Crippen LogP contribution in [0.25, 0.3) is 0 Å². The van der Waals surface area contributed by atoms with E-state index in [0.717, 1.165) is 0 Å². The third kappa shape index (κ3) is 3.79. The topological polar surface area (TPSA) is 71.1 Å². The number of hydrogen-bond donors (Lipinski definition) is 0. The fraction of sp³-hybridized carbons (Fsp3) is 0.800. The van der Waals surface area contributed by atoms with E-state index >= 15 is 0 Å². The highest BCUT2D eigenvalue weighted by Gasteiger charge is 2.35. The molecule has 1 fully saturated rings. The molecule has 6 nitrogen and oxygen atoms in total. The molecule has 1 aliphatic heterocycles. The maximum atomic E-state index is 10.9. The van der Waals surface area contributed by atoms with Crippen molar-refractivity contribution in [3.05, 3.63) is 0 Å². The van der Waals surface area contributed by atoms with Gasteiger partial charge in [0, 0.05) is 27.4 Å². The first-order valence-electron chi connectivity index (χ1n) is 5.01. The van der Waals surface area contributed by atoms with Gasteiger partial charge in [0.15, 0.2) is 12.4 Å². The highest BCUT2D eigenvalue weighted by atomic mass is 16.7. The molecular formula is C10H16O6. The summed E-state index contributed by atoms with van der Waals surface area (Å²) >= 11 is 0. The summed E-state index contributed by atoms with van der Waals surface area (Å²) in [7, 11) is 1.50. The van der Waals surface area contributed by atoms with Crippen molar-refractivity contribution in [1.82, 2.24) is 0 Å². The summed E-state index contributed by atoms with van der Waals surface area (Å²) in [5, 5.41) is 0. The molecule has 0 aliphatic carbocycles. The highest BCUT2D eigenvalue weighted by Crippen LogP contribution is 2.20. The lowest BCUT2D eigenvalue weighted by Gasteiger charge is -2.33. The van der Waals surface area contributed by atoms with E-state index in [4.69, 9.17) is 18.9 Å². The number of ether oxygens (including phenoxy) is 4. The van der Waals surface area contributed by atoms with Gasteiger partial charge in [-0.1, -0.05) is 0 Å². The summed E-state index contributed by atoms with van der Waals surface area (Å²) < 4.78 is 20.3. The van der Waals surface area contributed by atoms with Crippen molar-refractivity contribution in [3.8, 4) is 0 Å². The van der Waals surface area contributed by atoms with Gasteiger partial charge in [0.25, 0.3) is 0 Å². The maximum absolute atomic E-state index is 10.9. The highest BCUT2D eigenvalue weighted by molar-refractivity contribution is 5.67. The van der Waals surface area contributed by atoms with Crippen LogP contribution in [-0.2, 0) is 28.5 Å². The van der Waals surface area contributed by atoms with E-state index in [2.05, 4.69) is 0 Å². The molecule has 0 bridgehead atoms. The molecule has 1 heterocycles. The molecule has 92 valence electrons. The molecule has 0 aromatic rings. The fourth-order valence-electron chi connectivity index (χ4n) is 1.54. The molecular weight excluding hydrogens is 216 g/mol. The second-order valence-electron chi connectivity index (χ2n) is 3.53. The molecule has 0 N–H and O–H groups in total. The van der Waals surface area contributed by atoms with Crippen LogP contribution in [0.3, 0.4) is 0 Å². The number of rotatable bonds is 3. The van der Waals surface area contributed by atoms with Gasteiger partial charge in [0.2, 0.25) is 0 Å². The summed E-state index contributed by atoms with van der Waals surface area (Å²) in [6.45, 7) is 2.77. The summed E-state index contributed by atoms with van der Waals surface area (Å²) in [6.07, 6.45) is -1.15. The Labute approximate surface area is 93.8 Å². The summed E-state index contributed by atoms with van der Waals surface area (Å²) in [5.41, 5.74) is 0. The van der Waals surface area contributed by atoms with Gasteiger partial charge in [-0.05, 0) is 0 Å². The minimum absolute atomic E-state index is 0.163. The lowest BCUT2D eigenvalue weighted by molar-refractivity contribution is -0.224. The van der Waals surface area contributed by atoms with Crippen molar-refractivity contribution in [1.29, 1.82) is 0 Å². The van der Waals surface area contributed by atoms with Crippen LogP contribution >= 0.6 is 0 Å². The quantitative estimate of drug-likeness (QED) is 0.649. The third-order valence-corrected chi connectivity index (χ3v) is 2.18. The standard InChI is InChI=1S/C10H16O6/c1-6(11)15-8-4-10(13-3)14-5-9(8)16-7(2)12/h8-10H,4-5H2,1-3H3/t8-,9-,10+/m1/s1. The van der Waals surface area contributed by atoms with E-state index in [-0.39, 0.29) is 6.61 Å². The molecule has 3 atom stereocenters. The lowest BCUT2D eigenvalue weighted by atomic mass is 10.1. The van der Waals surface area contributed by atoms with E-state index in [0.29, 0.717) is 6.42 Å². The van der Waals surface area contributed by atoms with Crippen LogP contribution in [0.5, 0.6) is 0 Å². The van der Waals surface area contributed by atoms with Crippen LogP contribution in [0, 0.1) is 0 Å². The molecule has 16 heavy (non-hydrogen) atoms. The van der Waals surface area contributed by atoms with Crippen molar-refractivity contribution in [2.75, 3.05) is 13.7 Å². The monoisotopic (exact) mass is 232 g/mol. The molecule has 0 amide bonds. The Morgan fingerprint density at radius 3 is 2.19 bits per heavy atom. The lowest BCUT2D eigenvalue weighted by Crippen LogP contribution is -2.46. The second-order valence-corrected chi connectivity index (χ2v) is 3.53. The molecule has 0 spiro atoms. The van der Waals surface area contributed by atoms with Crippen LogP contribution in [0.15, 0.2) is 0 Å². The molecule has 0 aromatic heterocycles. The normalized spacial score (nSPS) is 29.6. The number of esters is 2. The molecule has 1 saturated heterocycles. The Bertz CT molecular complexity index is 264. The Hall–Kier alpha value is -1.14. The average Bonchev–Trinajstić information content (AvgIpc) is 2.19. The average molecular weight is 232 g/mol. The third-order valence-electron chi connectivity index (χ3n) is 2.18. The number of methoxy groups -OCH3 is 1. The molecule has 6 heteroatoms. The molecule has 0 aromatic carbocycles. The summed E-state index contributed by atoms with van der Waals surface area (Å²) in [5.74, 6) is -0.847. The van der Waals surface area contributed by atoms with E-state index < -0.39 is 30.4 Å². The van der Waals surface area contributed by atoms with E-state index in [1.165, 1.54) is 21.0 Å². The van der Waals surface area contributed by atoms with E-state index in [1.54, 1.807) is 0 Å². The van der Waals surface area contributed by atoms with Gasteiger partial charge in [-0.15, -0.1) is 0 Å². The van der Waals surface area contributed by atoms with E-state index in [9.17, 15) is 9.59 Å². The molecule has 0 unspecified atom stereocenters. The largest absolute Gasteiger partial charge is 0.458 e. The minimum atomic E-state index is -0.562. The molecule has 0 radical (unpaired) electrons. The van der Waals surface area contributed by atoms with Crippen LogP contribution in [-0.4, -0.2) is 44.2 Å².